The van der Waals surface area contributed by atoms with Crippen molar-refractivity contribution in [1.29, 1.82) is 0 Å². The zero-order chi connectivity index (χ0) is 15.1. The van der Waals surface area contributed by atoms with E-state index in [1.807, 2.05) is 42.6 Å². The Kier molecular flexibility index (Phi) is 5.21. The molecule has 110 valence electrons. The first-order valence-corrected chi connectivity index (χ1v) is 6.77. The van der Waals surface area contributed by atoms with Crippen LogP contribution in [0.4, 0.5) is 0 Å². The van der Waals surface area contributed by atoms with Crippen molar-refractivity contribution in [3.8, 4) is 11.5 Å². The van der Waals surface area contributed by atoms with Gasteiger partial charge in [0.15, 0.2) is 11.5 Å². The average molecular weight is 284 g/mol. The number of nitrogens with zero attached hydrogens (tertiary/aromatic N) is 1. The Morgan fingerprint density at radius 1 is 1.05 bits per heavy atom. The van der Waals surface area contributed by atoms with Crippen LogP contribution in [0.1, 0.15) is 16.7 Å². The fraction of sp³-hybridized carbons (Fsp3) is 0.235. The molecule has 0 amide bonds. The lowest BCUT2D eigenvalue weighted by atomic mass is 10.1. The van der Waals surface area contributed by atoms with Gasteiger partial charge in [-0.3, -0.25) is 0 Å². The lowest BCUT2D eigenvalue weighted by Crippen LogP contribution is -2.06. The van der Waals surface area contributed by atoms with Gasteiger partial charge < -0.3 is 14.9 Å². The van der Waals surface area contributed by atoms with E-state index >= 15 is 0 Å². The lowest BCUT2D eigenvalue weighted by Gasteiger charge is -2.09. The molecular formula is C17H20N2O2. The smallest absolute Gasteiger partial charge is 0.161 e. The van der Waals surface area contributed by atoms with Gasteiger partial charge in [0.25, 0.3) is 0 Å². The predicted octanol–water partition coefficient (Wildman–Crippen LogP) is 3.14. The van der Waals surface area contributed by atoms with Gasteiger partial charge >= 0.3 is 0 Å². The molecule has 2 aromatic rings. The molecule has 21 heavy (non-hydrogen) atoms. The number of aryl methyl sites for hydroxylation is 1. The highest BCUT2D eigenvalue weighted by Gasteiger charge is 2.03. The molecule has 0 aliphatic heterocycles. The third-order valence-electron chi connectivity index (χ3n) is 3.21. The van der Waals surface area contributed by atoms with Crippen molar-refractivity contribution in [2.75, 3.05) is 14.2 Å². The molecule has 0 aliphatic carbocycles. The molecule has 2 aromatic carbocycles. The highest BCUT2D eigenvalue weighted by Crippen LogP contribution is 2.27. The Labute approximate surface area is 125 Å². The molecule has 0 heterocycles. The molecule has 0 bridgehead atoms. The van der Waals surface area contributed by atoms with Gasteiger partial charge in [0.05, 0.1) is 27.0 Å². The minimum absolute atomic E-state index is 0.628. The van der Waals surface area contributed by atoms with E-state index in [1.54, 1.807) is 14.2 Å². The van der Waals surface area contributed by atoms with Crippen LogP contribution in [0.5, 0.6) is 11.5 Å². The van der Waals surface area contributed by atoms with Crippen molar-refractivity contribution in [3.05, 3.63) is 59.2 Å². The van der Waals surface area contributed by atoms with E-state index in [0.29, 0.717) is 6.54 Å². The van der Waals surface area contributed by atoms with Gasteiger partial charge in [0.2, 0.25) is 0 Å². The molecule has 0 aliphatic rings. The molecule has 0 radical (unpaired) electrons. The van der Waals surface area contributed by atoms with E-state index in [0.717, 1.165) is 22.6 Å². The zero-order valence-corrected chi connectivity index (χ0v) is 12.6. The number of ether oxygens (including phenoxy) is 2. The largest absolute Gasteiger partial charge is 0.493 e. The normalized spacial score (nSPS) is 10.6. The molecule has 0 fully saturated rings. The van der Waals surface area contributed by atoms with Gasteiger partial charge in [-0.05, 0) is 35.7 Å². The maximum Gasteiger partial charge on any atom is 0.161 e. The van der Waals surface area contributed by atoms with Gasteiger partial charge in [0, 0.05) is 0 Å². The molecule has 0 spiro atoms. The number of benzene rings is 2. The van der Waals surface area contributed by atoms with E-state index in [2.05, 4.69) is 23.5 Å². The lowest BCUT2D eigenvalue weighted by molar-refractivity contribution is 0.354. The van der Waals surface area contributed by atoms with Gasteiger partial charge in [-0.2, -0.15) is 5.10 Å². The van der Waals surface area contributed by atoms with Crippen molar-refractivity contribution in [2.24, 2.45) is 5.10 Å². The molecule has 2 rings (SSSR count). The van der Waals surface area contributed by atoms with Crippen molar-refractivity contribution >= 4 is 6.21 Å². The summed E-state index contributed by atoms with van der Waals surface area (Å²) in [6.45, 7) is 2.69. The van der Waals surface area contributed by atoms with Crippen LogP contribution in [0.25, 0.3) is 0 Å². The van der Waals surface area contributed by atoms with Crippen LogP contribution in [0, 0.1) is 6.92 Å². The van der Waals surface area contributed by atoms with Gasteiger partial charge in [0.1, 0.15) is 0 Å². The molecule has 4 heteroatoms. The standard InChI is InChI=1S/C17H20N2O2/c1-13-6-4-5-7-15(13)12-19-18-11-14-8-9-16(20-2)17(10-14)21-3/h4-10,12,18H,11H2,1-3H3/b19-12+. The van der Waals surface area contributed by atoms with Crippen LogP contribution in [-0.4, -0.2) is 20.4 Å². The van der Waals surface area contributed by atoms with Crippen molar-refractivity contribution in [1.82, 2.24) is 5.43 Å². The highest BCUT2D eigenvalue weighted by molar-refractivity contribution is 5.81. The molecule has 0 saturated carbocycles. The summed E-state index contributed by atoms with van der Waals surface area (Å²) in [6, 6.07) is 13.9. The molecular weight excluding hydrogens is 264 g/mol. The van der Waals surface area contributed by atoms with Crippen LogP contribution in [0.2, 0.25) is 0 Å². The van der Waals surface area contributed by atoms with E-state index in [9.17, 15) is 0 Å². The average Bonchev–Trinajstić information content (AvgIpc) is 2.52. The maximum atomic E-state index is 5.28. The summed E-state index contributed by atoms with van der Waals surface area (Å²) in [5.41, 5.74) is 6.43. The number of hydrazone groups is 1. The van der Waals surface area contributed by atoms with Crippen molar-refractivity contribution in [3.63, 3.8) is 0 Å². The molecule has 0 aromatic heterocycles. The summed E-state index contributed by atoms with van der Waals surface area (Å²) >= 11 is 0. The van der Waals surface area contributed by atoms with Crippen LogP contribution >= 0.6 is 0 Å². The van der Waals surface area contributed by atoms with Gasteiger partial charge in [-0.1, -0.05) is 30.3 Å². The fourth-order valence-corrected chi connectivity index (χ4v) is 1.97. The van der Waals surface area contributed by atoms with E-state index in [1.165, 1.54) is 5.56 Å². The summed E-state index contributed by atoms with van der Waals surface area (Å²) < 4.78 is 10.5. The summed E-state index contributed by atoms with van der Waals surface area (Å²) in [4.78, 5) is 0. The second-order valence-electron chi connectivity index (χ2n) is 4.64. The maximum absolute atomic E-state index is 5.28. The summed E-state index contributed by atoms with van der Waals surface area (Å²) in [5.74, 6) is 1.45. The highest BCUT2D eigenvalue weighted by atomic mass is 16.5. The van der Waals surface area contributed by atoms with Crippen LogP contribution in [-0.2, 0) is 6.54 Å². The fourth-order valence-electron chi connectivity index (χ4n) is 1.97. The Balaban J connectivity index is 1.96. The topological polar surface area (TPSA) is 42.8 Å². The molecule has 1 N–H and O–H groups in total. The summed E-state index contributed by atoms with van der Waals surface area (Å²) in [6.07, 6.45) is 1.83. The Bertz CT molecular complexity index is 624. The molecule has 4 nitrogen and oxygen atoms in total. The minimum Gasteiger partial charge on any atom is -0.493 e. The third-order valence-corrected chi connectivity index (χ3v) is 3.21. The number of methoxy groups -OCH3 is 2. The monoisotopic (exact) mass is 284 g/mol. The minimum atomic E-state index is 0.628. The van der Waals surface area contributed by atoms with Crippen molar-refractivity contribution in [2.45, 2.75) is 13.5 Å². The third kappa shape index (κ3) is 3.99. The van der Waals surface area contributed by atoms with Gasteiger partial charge in [-0.25, -0.2) is 0 Å². The SMILES string of the molecule is COc1ccc(CN/N=C/c2ccccc2C)cc1OC. The van der Waals surface area contributed by atoms with Crippen molar-refractivity contribution < 1.29 is 9.47 Å². The summed E-state index contributed by atoms with van der Waals surface area (Å²) in [5, 5.41) is 4.25. The number of nitrogens with one attached hydrogen (secondary N) is 1. The van der Waals surface area contributed by atoms with E-state index in [-0.39, 0.29) is 0 Å². The Morgan fingerprint density at radius 3 is 2.52 bits per heavy atom. The zero-order valence-electron chi connectivity index (χ0n) is 12.6. The first-order valence-electron chi connectivity index (χ1n) is 6.77. The van der Waals surface area contributed by atoms with Crippen LogP contribution in [0.3, 0.4) is 0 Å². The summed E-state index contributed by atoms with van der Waals surface area (Å²) in [7, 11) is 3.26. The molecule has 0 atom stereocenters. The van der Waals surface area contributed by atoms with Gasteiger partial charge in [-0.15, -0.1) is 0 Å². The van der Waals surface area contributed by atoms with Crippen LogP contribution in [0.15, 0.2) is 47.6 Å². The number of rotatable bonds is 6. The first-order chi connectivity index (χ1) is 10.2. The Morgan fingerprint density at radius 2 is 1.81 bits per heavy atom. The van der Waals surface area contributed by atoms with E-state index < -0.39 is 0 Å². The number of hydrogen-bond acceptors (Lipinski definition) is 4. The second-order valence-corrected chi connectivity index (χ2v) is 4.64. The Hall–Kier alpha value is -2.49. The number of hydrogen-bond donors (Lipinski definition) is 1. The molecule has 0 saturated heterocycles. The van der Waals surface area contributed by atoms with E-state index in [4.69, 9.17) is 9.47 Å². The second kappa shape index (κ2) is 7.33. The van der Waals surface area contributed by atoms with Crippen LogP contribution < -0.4 is 14.9 Å². The molecule has 0 unspecified atom stereocenters. The first kappa shape index (κ1) is 14.9. The predicted molar refractivity (Wildman–Crippen MR) is 85.2 cm³/mol. The quantitative estimate of drug-likeness (QED) is 0.654.